The van der Waals surface area contributed by atoms with E-state index >= 15 is 0 Å². The van der Waals surface area contributed by atoms with Crippen LogP contribution >= 0.6 is 0 Å². The molecule has 0 N–H and O–H groups in total. The number of hydrogen-bond acceptors (Lipinski definition) is 4. The van der Waals surface area contributed by atoms with Gasteiger partial charge in [0.2, 0.25) is 0 Å². The van der Waals surface area contributed by atoms with Crippen LogP contribution in [0.4, 0.5) is 8.78 Å². The first kappa shape index (κ1) is 16.7. The second-order valence-electron chi connectivity index (χ2n) is 4.06. The van der Waals surface area contributed by atoms with E-state index in [1.165, 1.54) is 6.07 Å². The van der Waals surface area contributed by atoms with Gasteiger partial charge in [0.15, 0.2) is 17.4 Å². The van der Waals surface area contributed by atoms with Crippen molar-refractivity contribution in [3.8, 4) is 0 Å². The van der Waals surface area contributed by atoms with Gasteiger partial charge >= 0.3 is 0 Å². The molecule has 0 unspecified atom stereocenters. The van der Waals surface area contributed by atoms with E-state index in [0.29, 0.717) is 32.8 Å². The fourth-order valence-electron chi connectivity index (χ4n) is 1.43. The molecule has 112 valence electrons. The van der Waals surface area contributed by atoms with Crippen LogP contribution in [0.15, 0.2) is 18.2 Å². The maximum atomic E-state index is 12.9. The Kier molecular flexibility index (Phi) is 7.94. The van der Waals surface area contributed by atoms with Crippen LogP contribution in [-0.2, 0) is 14.2 Å². The summed E-state index contributed by atoms with van der Waals surface area (Å²) in [5.74, 6) is -2.40. The van der Waals surface area contributed by atoms with Gasteiger partial charge in [-0.1, -0.05) is 0 Å². The molecule has 0 aliphatic rings. The van der Waals surface area contributed by atoms with E-state index in [0.717, 1.165) is 12.1 Å². The third-order valence-corrected chi connectivity index (χ3v) is 2.48. The van der Waals surface area contributed by atoms with Crippen molar-refractivity contribution >= 4 is 5.78 Å². The molecular weight excluding hydrogens is 270 g/mol. The van der Waals surface area contributed by atoms with E-state index in [1.807, 2.05) is 0 Å². The molecule has 0 radical (unpaired) electrons. The number of ketones is 1. The van der Waals surface area contributed by atoms with Crippen LogP contribution < -0.4 is 0 Å². The lowest BCUT2D eigenvalue weighted by molar-refractivity contribution is 0.0488. The Morgan fingerprint density at radius 3 is 2.50 bits per heavy atom. The van der Waals surface area contributed by atoms with E-state index in [-0.39, 0.29) is 18.0 Å². The number of hydrogen-bond donors (Lipinski definition) is 0. The van der Waals surface area contributed by atoms with Crippen LogP contribution in [0.5, 0.6) is 0 Å². The summed E-state index contributed by atoms with van der Waals surface area (Å²) in [6.45, 7) is 1.77. The van der Waals surface area contributed by atoms with Gasteiger partial charge in [-0.15, -0.1) is 0 Å². The van der Waals surface area contributed by atoms with Gasteiger partial charge in [-0.05, 0) is 24.6 Å². The molecule has 1 aromatic carbocycles. The maximum Gasteiger partial charge on any atom is 0.188 e. The van der Waals surface area contributed by atoms with Gasteiger partial charge in [0.05, 0.1) is 13.2 Å². The molecule has 0 amide bonds. The van der Waals surface area contributed by atoms with E-state index in [2.05, 4.69) is 0 Å². The quantitative estimate of drug-likeness (QED) is 0.489. The molecule has 0 spiro atoms. The van der Waals surface area contributed by atoms with Gasteiger partial charge in [-0.2, -0.15) is 0 Å². The van der Waals surface area contributed by atoms with Crippen LogP contribution in [0.25, 0.3) is 0 Å². The predicted molar refractivity (Wildman–Crippen MR) is 68.8 cm³/mol. The van der Waals surface area contributed by atoms with E-state index in [9.17, 15) is 13.6 Å². The molecule has 0 aromatic heterocycles. The Labute approximate surface area is 116 Å². The molecule has 0 saturated heterocycles. The molecule has 0 heterocycles. The summed E-state index contributed by atoms with van der Waals surface area (Å²) in [6.07, 6.45) is 0.648. The standard InChI is InChI=1S/C14H18F2O4/c1-18-7-8-19-5-2-6-20-10-14(17)11-3-4-12(15)13(16)9-11/h3-4,9H,2,5-8,10H2,1H3. The number of ether oxygens (including phenoxy) is 3. The Hall–Kier alpha value is -1.37. The predicted octanol–water partition coefficient (Wildman–Crippen LogP) is 2.22. The van der Waals surface area contributed by atoms with E-state index < -0.39 is 11.6 Å². The zero-order valence-electron chi connectivity index (χ0n) is 11.4. The Morgan fingerprint density at radius 2 is 1.80 bits per heavy atom. The van der Waals surface area contributed by atoms with Crippen molar-refractivity contribution in [2.24, 2.45) is 0 Å². The molecule has 0 atom stereocenters. The van der Waals surface area contributed by atoms with Gasteiger partial charge < -0.3 is 14.2 Å². The summed E-state index contributed by atoms with van der Waals surface area (Å²) in [5.41, 5.74) is 0.0974. The SMILES string of the molecule is COCCOCCCOCC(=O)c1ccc(F)c(F)c1. The Morgan fingerprint density at radius 1 is 1.05 bits per heavy atom. The lowest BCUT2D eigenvalue weighted by atomic mass is 10.1. The van der Waals surface area contributed by atoms with Gasteiger partial charge in [-0.25, -0.2) is 8.78 Å². The second kappa shape index (κ2) is 9.52. The van der Waals surface area contributed by atoms with Crippen molar-refractivity contribution in [2.45, 2.75) is 6.42 Å². The molecule has 0 saturated carbocycles. The number of halogens is 2. The number of methoxy groups -OCH3 is 1. The largest absolute Gasteiger partial charge is 0.382 e. The summed E-state index contributed by atoms with van der Waals surface area (Å²) >= 11 is 0. The summed E-state index contributed by atoms with van der Waals surface area (Å²) in [7, 11) is 1.59. The molecule has 0 fully saturated rings. The van der Waals surface area contributed by atoms with Crippen molar-refractivity contribution < 1.29 is 27.8 Å². The number of rotatable bonds is 10. The highest BCUT2D eigenvalue weighted by atomic mass is 19.2. The second-order valence-corrected chi connectivity index (χ2v) is 4.06. The summed E-state index contributed by atoms with van der Waals surface area (Å²) in [4.78, 5) is 11.6. The summed E-state index contributed by atoms with van der Waals surface area (Å²) < 4.78 is 40.8. The lowest BCUT2D eigenvalue weighted by Gasteiger charge is -2.05. The number of Topliss-reactive ketones (excluding diaryl/α,β-unsaturated/α-hetero) is 1. The minimum absolute atomic E-state index is 0.0974. The molecular formula is C14H18F2O4. The fraction of sp³-hybridized carbons (Fsp3) is 0.500. The molecule has 0 aliphatic carbocycles. The number of carbonyl (C=O) groups excluding carboxylic acids is 1. The maximum absolute atomic E-state index is 12.9. The zero-order chi connectivity index (χ0) is 14.8. The molecule has 0 bridgehead atoms. The van der Waals surface area contributed by atoms with Gasteiger partial charge in [0.1, 0.15) is 6.61 Å². The molecule has 1 rings (SSSR count). The van der Waals surface area contributed by atoms with Gasteiger partial charge in [0.25, 0.3) is 0 Å². The van der Waals surface area contributed by atoms with Crippen LogP contribution in [0, 0.1) is 11.6 Å². The number of carbonyl (C=O) groups is 1. The smallest absolute Gasteiger partial charge is 0.188 e. The molecule has 6 heteroatoms. The summed E-state index contributed by atoms with van der Waals surface area (Å²) in [5, 5.41) is 0. The average molecular weight is 288 g/mol. The first-order valence-corrected chi connectivity index (χ1v) is 6.28. The molecule has 20 heavy (non-hydrogen) atoms. The monoisotopic (exact) mass is 288 g/mol. The van der Waals surface area contributed by atoms with Crippen molar-refractivity contribution in [2.75, 3.05) is 40.1 Å². The third-order valence-electron chi connectivity index (χ3n) is 2.48. The van der Waals surface area contributed by atoms with Crippen LogP contribution in [-0.4, -0.2) is 45.9 Å². The van der Waals surface area contributed by atoms with Gasteiger partial charge in [0, 0.05) is 25.9 Å². The van der Waals surface area contributed by atoms with E-state index in [4.69, 9.17) is 14.2 Å². The minimum atomic E-state index is -1.04. The van der Waals surface area contributed by atoms with E-state index in [1.54, 1.807) is 7.11 Å². The third kappa shape index (κ3) is 6.18. The van der Waals surface area contributed by atoms with Crippen LogP contribution in [0.1, 0.15) is 16.8 Å². The number of benzene rings is 1. The first-order valence-electron chi connectivity index (χ1n) is 6.28. The highest BCUT2D eigenvalue weighted by Crippen LogP contribution is 2.09. The Bertz CT molecular complexity index is 424. The van der Waals surface area contributed by atoms with Gasteiger partial charge in [-0.3, -0.25) is 4.79 Å². The van der Waals surface area contributed by atoms with Crippen molar-refractivity contribution in [1.82, 2.24) is 0 Å². The first-order chi connectivity index (χ1) is 9.65. The van der Waals surface area contributed by atoms with Crippen LogP contribution in [0.3, 0.4) is 0 Å². The topological polar surface area (TPSA) is 44.8 Å². The average Bonchev–Trinajstić information content (AvgIpc) is 2.44. The van der Waals surface area contributed by atoms with Crippen molar-refractivity contribution in [3.05, 3.63) is 35.4 Å². The van der Waals surface area contributed by atoms with Crippen LogP contribution in [0.2, 0.25) is 0 Å². The molecule has 0 aliphatic heterocycles. The fourth-order valence-corrected chi connectivity index (χ4v) is 1.43. The zero-order valence-corrected chi connectivity index (χ0v) is 11.4. The van der Waals surface area contributed by atoms with Crippen molar-refractivity contribution in [1.29, 1.82) is 0 Å². The van der Waals surface area contributed by atoms with Crippen molar-refractivity contribution in [3.63, 3.8) is 0 Å². The lowest BCUT2D eigenvalue weighted by Crippen LogP contribution is -2.12. The molecule has 1 aromatic rings. The normalized spacial score (nSPS) is 10.8. The summed E-state index contributed by atoms with van der Waals surface area (Å²) in [6, 6.07) is 3.03. The molecule has 4 nitrogen and oxygen atoms in total. The highest BCUT2D eigenvalue weighted by molar-refractivity contribution is 5.97. The highest BCUT2D eigenvalue weighted by Gasteiger charge is 2.09. The Balaban J connectivity index is 2.15. The minimum Gasteiger partial charge on any atom is -0.382 e.